The molecule has 0 spiro atoms. The molecule has 5 nitrogen and oxygen atoms in total. The van der Waals surface area contributed by atoms with E-state index in [1.54, 1.807) is 6.26 Å². The van der Waals surface area contributed by atoms with Gasteiger partial charge in [0.2, 0.25) is 5.89 Å². The molecule has 25 heavy (non-hydrogen) atoms. The third kappa shape index (κ3) is 3.90. The maximum absolute atomic E-state index is 5.73. The van der Waals surface area contributed by atoms with Crippen LogP contribution >= 0.6 is 0 Å². The molecule has 0 atom stereocenters. The molecule has 3 aromatic rings. The van der Waals surface area contributed by atoms with Crippen LogP contribution in [0.3, 0.4) is 0 Å². The van der Waals surface area contributed by atoms with Gasteiger partial charge in [-0.25, -0.2) is 4.98 Å². The fourth-order valence-corrected chi connectivity index (χ4v) is 3.20. The number of fused-ring (bicyclic) bond motifs is 1. The molecule has 0 bridgehead atoms. The predicted octanol–water partition coefficient (Wildman–Crippen LogP) is 2.92. The zero-order valence-corrected chi connectivity index (χ0v) is 14.3. The lowest BCUT2D eigenvalue weighted by Gasteiger charge is -2.26. The number of hydrogen-bond acceptors (Lipinski definition) is 5. The van der Waals surface area contributed by atoms with Crippen molar-refractivity contribution < 1.29 is 9.15 Å². The first-order chi connectivity index (χ1) is 12.4. The van der Waals surface area contributed by atoms with Crippen molar-refractivity contribution in [1.29, 1.82) is 0 Å². The van der Waals surface area contributed by atoms with Crippen molar-refractivity contribution in [3.05, 3.63) is 54.4 Å². The minimum absolute atomic E-state index is 0.682. The summed E-state index contributed by atoms with van der Waals surface area (Å²) in [7, 11) is 0. The number of rotatable bonds is 6. The number of nitrogens with one attached hydrogen (secondary N) is 1. The lowest BCUT2D eigenvalue weighted by Crippen LogP contribution is -2.40. The largest absolute Gasteiger partial charge is 0.444 e. The summed E-state index contributed by atoms with van der Waals surface area (Å²) in [5.74, 6) is 0.682. The molecule has 0 unspecified atom stereocenters. The fourth-order valence-electron chi connectivity index (χ4n) is 3.20. The van der Waals surface area contributed by atoms with Gasteiger partial charge in [-0.15, -0.1) is 0 Å². The molecule has 1 aliphatic heterocycles. The first-order valence-electron chi connectivity index (χ1n) is 8.83. The number of nitrogens with zero attached hydrogens (tertiary/aromatic N) is 2. The molecule has 1 aliphatic rings. The molecule has 0 aliphatic carbocycles. The van der Waals surface area contributed by atoms with Gasteiger partial charge in [0.15, 0.2) is 0 Å². The van der Waals surface area contributed by atoms with Gasteiger partial charge in [-0.3, -0.25) is 4.90 Å². The van der Waals surface area contributed by atoms with Gasteiger partial charge in [0.25, 0.3) is 0 Å². The van der Waals surface area contributed by atoms with Gasteiger partial charge in [-0.05, 0) is 16.8 Å². The van der Waals surface area contributed by atoms with Gasteiger partial charge in [-0.2, -0.15) is 0 Å². The molecule has 0 saturated carbocycles. The number of ether oxygens (including phenoxy) is 1. The Kier molecular flexibility index (Phi) is 5.06. The van der Waals surface area contributed by atoms with Gasteiger partial charge in [0, 0.05) is 38.3 Å². The Hall–Kier alpha value is -2.21. The highest BCUT2D eigenvalue weighted by Crippen LogP contribution is 2.27. The van der Waals surface area contributed by atoms with E-state index in [2.05, 4.69) is 39.5 Å². The molecule has 130 valence electrons. The molecule has 1 saturated heterocycles. The molecular weight excluding hydrogens is 314 g/mol. The third-order valence-electron chi connectivity index (χ3n) is 4.59. The zero-order valence-electron chi connectivity index (χ0n) is 14.3. The number of hydrogen-bond donors (Lipinski definition) is 1. The van der Waals surface area contributed by atoms with Crippen molar-refractivity contribution in [2.75, 3.05) is 39.4 Å². The van der Waals surface area contributed by atoms with Crippen LogP contribution in [0.1, 0.15) is 5.69 Å². The Balaban J connectivity index is 1.37. The van der Waals surface area contributed by atoms with E-state index in [1.807, 2.05) is 18.2 Å². The van der Waals surface area contributed by atoms with Crippen molar-refractivity contribution in [3.63, 3.8) is 0 Å². The molecule has 1 aromatic heterocycles. The zero-order chi connectivity index (χ0) is 16.9. The van der Waals surface area contributed by atoms with Crippen molar-refractivity contribution in [2.24, 2.45) is 0 Å². The van der Waals surface area contributed by atoms with Gasteiger partial charge < -0.3 is 14.5 Å². The maximum Gasteiger partial charge on any atom is 0.226 e. The summed E-state index contributed by atoms with van der Waals surface area (Å²) >= 11 is 0. The van der Waals surface area contributed by atoms with Crippen molar-refractivity contribution in [1.82, 2.24) is 15.2 Å². The molecule has 4 rings (SSSR count). The first-order valence-corrected chi connectivity index (χ1v) is 8.83. The minimum Gasteiger partial charge on any atom is -0.444 e. The molecule has 2 aromatic carbocycles. The van der Waals surface area contributed by atoms with E-state index < -0.39 is 0 Å². The van der Waals surface area contributed by atoms with Crippen molar-refractivity contribution >= 4 is 10.8 Å². The van der Waals surface area contributed by atoms with E-state index in [0.29, 0.717) is 5.89 Å². The van der Waals surface area contributed by atoms with E-state index in [4.69, 9.17) is 9.15 Å². The highest BCUT2D eigenvalue weighted by atomic mass is 16.5. The van der Waals surface area contributed by atoms with Gasteiger partial charge in [-0.1, -0.05) is 36.4 Å². The maximum atomic E-state index is 5.73. The van der Waals surface area contributed by atoms with Crippen LogP contribution in [-0.4, -0.2) is 49.3 Å². The van der Waals surface area contributed by atoms with Crippen LogP contribution in [0.25, 0.3) is 22.2 Å². The Morgan fingerprint density at radius 3 is 2.80 bits per heavy atom. The Bertz CT molecular complexity index is 819. The molecular formula is C20H23N3O2. The second kappa shape index (κ2) is 7.78. The van der Waals surface area contributed by atoms with Gasteiger partial charge in [0.05, 0.1) is 18.9 Å². The Labute approximate surface area is 147 Å². The van der Waals surface area contributed by atoms with Crippen molar-refractivity contribution in [2.45, 2.75) is 6.54 Å². The molecule has 1 fully saturated rings. The van der Waals surface area contributed by atoms with E-state index in [-0.39, 0.29) is 0 Å². The summed E-state index contributed by atoms with van der Waals surface area (Å²) in [4.78, 5) is 7.07. The summed E-state index contributed by atoms with van der Waals surface area (Å²) < 4.78 is 11.1. The summed E-state index contributed by atoms with van der Waals surface area (Å²) in [6, 6.07) is 14.5. The molecule has 5 heteroatoms. The Morgan fingerprint density at radius 1 is 1.04 bits per heavy atom. The number of morpholine rings is 1. The lowest BCUT2D eigenvalue weighted by atomic mass is 10.0. The summed E-state index contributed by atoms with van der Waals surface area (Å²) in [6.07, 6.45) is 1.75. The normalized spacial score (nSPS) is 15.7. The molecule has 0 amide bonds. The summed E-state index contributed by atoms with van der Waals surface area (Å²) in [5, 5.41) is 5.81. The van der Waals surface area contributed by atoms with Crippen LogP contribution in [0.15, 0.2) is 53.1 Å². The highest BCUT2D eigenvalue weighted by molar-refractivity contribution is 5.94. The summed E-state index contributed by atoms with van der Waals surface area (Å²) in [6.45, 7) is 6.44. The monoisotopic (exact) mass is 337 g/mol. The number of aromatic nitrogens is 1. The SMILES string of the molecule is c1ccc2c(-c3nc(CNCCN4CCOCC4)co3)cccc2c1. The molecule has 0 radical (unpaired) electrons. The smallest absolute Gasteiger partial charge is 0.226 e. The van der Waals surface area contributed by atoms with Crippen molar-refractivity contribution in [3.8, 4) is 11.5 Å². The average molecular weight is 337 g/mol. The standard InChI is InChI=1S/C20H23N3O2/c1-2-6-18-16(4-1)5-3-7-19(18)20-22-17(15-25-20)14-21-8-9-23-10-12-24-13-11-23/h1-7,15,21H,8-14H2. The second-order valence-corrected chi connectivity index (χ2v) is 6.30. The summed E-state index contributed by atoms with van der Waals surface area (Å²) in [5.41, 5.74) is 1.97. The van der Waals surface area contributed by atoms with E-state index in [9.17, 15) is 0 Å². The van der Waals surface area contributed by atoms with E-state index in [0.717, 1.165) is 57.2 Å². The number of oxazole rings is 1. The number of benzene rings is 2. The quantitative estimate of drug-likeness (QED) is 0.701. The van der Waals surface area contributed by atoms with Crippen LogP contribution in [0.5, 0.6) is 0 Å². The Morgan fingerprint density at radius 2 is 1.88 bits per heavy atom. The topological polar surface area (TPSA) is 50.5 Å². The highest BCUT2D eigenvalue weighted by Gasteiger charge is 2.11. The predicted molar refractivity (Wildman–Crippen MR) is 98.4 cm³/mol. The van der Waals surface area contributed by atoms with Crippen LogP contribution in [0.2, 0.25) is 0 Å². The molecule has 2 heterocycles. The van der Waals surface area contributed by atoms with Crippen LogP contribution in [-0.2, 0) is 11.3 Å². The molecule has 1 N–H and O–H groups in total. The second-order valence-electron chi connectivity index (χ2n) is 6.30. The van der Waals surface area contributed by atoms with Crippen LogP contribution < -0.4 is 5.32 Å². The van der Waals surface area contributed by atoms with E-state index in [1.165, 1.54) is 10.8 Å². The fraction of sp³-hybridized carbons (Fsp3) is 0.350. The van der Waals surface area contributed by atoms with Crippen LogP contribution in [0.4, 0.5) is 0 Å². The van der Waals surface area contributed by atoms with Gasteiger partial charge in [0.1, 0.15) is 6.26 Å². The average Bonchev–Trinajstić information content (AvgIpc) is 3.14. The third-order valence-corrected chi connectivity index (χ3v) is 4.59. The lowest BCUT2D eigenvalue weighted by molar-refractivity contribution is 0.0384. The van der Waals surface area contributed by atoms with E-state index >= 15 is 0 Å². The van der Waals surface area contributed by atoms with Gasteiger partial charge >= 0.3 is 0 Å². The minimum atomic E-state index is 0.682. The first kappa shape index (κ1) is 16.3. The van der Waals surface area contributed by atoms with Crippen LogP contribution in [0, 0.1) is 0 Å².